The van der Waals surface area contributed by atoms with E-state index < -0.39 is 0 Å². The van der Waals surface area contributed by atoms with Crippen molar-refractivity contribution < 1.29 is 14.2 Å². The van der Waals surface area contributed by atoms with Crippen LogP contribution in [0.25, 0.3) is 10.8 Å². The van der Waals surface area contributed by atoms with Crippen molar-refractivity contribution in [2.75, 3.05) is 33.9 Å². The Bertz CT molecular complexity index is 928. The largest absolute Gasteiger partial charge is 0.493 e. The molecule has 5 heteroatoms. The number of morpholine rings is 1. The minimum atomic E-state index is -0.0278. The topological polar surface area (TPSA) is 43.8 Å². The average Bonchev–Trinajstić information content (AvgIpc) is 2.73. The maximum atomic E-state index is 6.02. The first-order valence-electron chi connectivity index (χ1n) is 9.17. The van der Waals surface area contributed by atoms with Crippen LogP contribution in [0.2, 0.25) is 0 Å². The minimum Gasteiger partial charge on any atom is -0.493 e. The van der Waals surface area contributed by atoms with Crippen LogP contribution in [-0.2, 0) is 11.3 Å². The van der Waals surface area contributed by atoms with Gasteiger partial charge in [0.1, 0.15) is 6.10 Å². The molecular weight excluding hydrogens is 340 g/mol. The van der Waals surface area contributed by atoms with E-state index in [2.05, 4.69) is 40.2 Å². The van der Waals surface area contributed by atoms with Crippen molar-refractivity contribution in [3.05, 3.63) is 66.0 Å². The molecule has 1 saturated heterocycles. The van der Waals surface area contributed by atoms with Crippen LogP contribution in [0.3, 0.4) is 0 Å². The monoisotopic (exact) mass is 364 g/mol. The van der Waals surface area contributed by atoms with Gasteiger partial charge < -0.3 is 14.2 Å². The number of para-hydroxylation sites is 1. The predicted octanol–water partition coefficient (Wildman–Crippen LogP) is 3.83. The Balaban J connectivity index is 1.53. The van der Waals surface area contributed by atoms with E-state index in [4.69, 9.17) is 14.2 Å². The normalized spacial score (nSPS) is 17.8. The minimum absolute atomic E-state index is 0.0278. The molecule has 1 atom stereocenters. The van der Waals surface area contributed by atoms with Crippen LogP contribution in [0.1, 0.15) is 17.4 Å². The van der Waals surface area contributed by atoms with E-state index in [1.54, 1.807) is 14.2 Å². The fourth-order valence-electron chi connectivity index (χ4n) is 3.62. The van der Waals surface area contributed by atoms with Crippen LogP contribution in [-0.4, -0.2) is 43.8 Å². The summed E-state index contributed by atoms with van der Waals surface area (Å²) in [5, 5.41) is 2.34. The zero-order valence-electron chi connectivity index (χ0n) is 15.7. The standard InChI is InChI=1S/C22H24N2O3/c1-25-20-9-5-8-18(22(20)26-2)14-24-10-11-27-21(15-24)19-12-16-6-3-4-7-17(16)13-23-19/h3-9,12-13,21H,10-11,14-15H2,1-2H3/t21-/m1/s1. The van der Waals surface area contributed by atoms with E-state index in [1.165, 1.54) is 5.39 Å². The van der Waals surface area contributed by atoms with Crippen molar-refractivity contribution in [2.45, 2.75) is 12.6 Å². The van der Waals surface area contributed by atoms with Gasteiger partial charge in [0, 0.05) is 36.8 Å². The van der Waals surface area contributed by atoms with Gasteiger partial charge in [-0.3, -0.25) is 9.88 Å². The molecular formula is C22H24N2O3. The molecule has 1 aromatic heterocycles. The Hall–Kier alpha value is -2.63. The lowest BCUT2D eigenvalue weighted by molar-refractivity contribution is -0.0351. The van der Waals surface area contributed by atoms with Crippen molar-refractivity contribution in [2.24, 2.45) is 0 Å². The number of nitrogens with zero attached hydrogens (tertiary/aromatic N) is 2. The van der Waals surface area contributed by atoms with E-state index in [0.717, 1.165) is 47.8 Å². The van der Waals surface area contributed by atoms with Crippen molar-refractivity contribution in [1.82, 2.24) is 9.88 Å². The molecule has 5 nitrogen and oxygen atoms in total. The van der Waals surface area contributed by atoms with Gasteiger partial charge >= 0.3 is 0 Å². The highest BCUT2D eigenvalue weighted by Gasteiger charge is 2.24. The van der Waals surface area contributed by atoms with E-state index in [9.17, 15) is 0 Å². The summed E-state index contributed by atoms with van der Waals surface area (Å²) in [5.41, 5.74) is 2.10. The first-order valence-corrected chi connectivity index (χ1v) is 9.17. The molecule has 27 heavy (non-hydrogen) atoms. The summed E-state index contributed by atoms with van der Waals surface area (Å²) < 4.78 is 17.0. The van der Waals surface area contributed by atoms with E-state index >= 15 is 0 Å². The third-order valence-electron chi connectivity index (χ3n) is 5.01. The summed E-state index contributed by atoms with van der Waals surface area (Å²) in [5.74, 6) is 1.56. The molecule has 2 heterocycles. The van der Waals surface area contributed by atoms with Crippen LogP contribution < -0.4 is 9.47 Å². The van der Waals surface area contributed by atoms with Gasteiger partial charge in [0.2, 0.25) is 0 Å². The van der Waals surface area contributed by atoms with Gasteiger partial charge in [0.25, 0.3) is 0 Å². The first-order chi connectivity index (χ1) is 13.3. The maximum absolute atomic E-state index is 6.02. The number of pyridine rings is 1. The smallest absolute Gasteiger partial charge is 0.165 e. The lowest BCUT2D eigenvalue weighted by Gasteiger charge is -2.33. The Labute approximate surface area is 159 Å². The van der Waals surface area contributed by atoms with Crippen LogP contribution in [0.15, 0.2) is 54.7 Å². The van der Waals surface area contributed by atoms with E-state index in [-0.39, 0.29) is 6.10 Å². The molecule has 1 fully saturated rings. The number of benzene rings is 2. The molecule has 0 radical (unpaired) electrons. The van der Waals surface area contributed by atoms with Crippen LogP contribution in [0.4, 0.5) is 0 Å². The zero-order valence-corrected chi connectivity index (χ0v) is 15.7. The molecule has 3 aromatic rings. The SMILES string of the molecule is COc1cccc(CN2CCO[C@@H](c3cc4ccccc4cn3)C2)c1OC. The van der Waals surface area contributed by atoms with Crippen LogP contribution >= 0.6 is 0 Å². The van der Waals surface area contributed by atoms with Gasteiger partial charge in [-0.2, -0.15) is 0 Å². The molecule has 0 aliphatic carbocycles. The van der Waals surface area contributed by atoms with Gasteiger partial charge in [-0.05, 0) is 17.5 Å². The van der Waals surface area contributed by atoms with Gasteiger partial charge in [-0.25, -0.2) is 0 Å². The first kappa shape index (κ1) is 17.8. The fraction of sp³-hybridized carbons (Fsp3) is 0.318. The molecule has 4 rings (SSSR count). The summed E-state index contributed by atoms with van der Waals surface area (Å²) in [6, 6.07) is 16.4. The Morgan fingerprint density at radius 3 is 2.74 bits per heavy atom. The van der Waals surface area contributed by atoms with Crippen molar-refractivity contribution in [3.63, 3.8) is 0 Å². The number of hydrogen-bond donors (Lipinski definition) is 0. The van der Waals surface area contributed by atoms with Crippen LogP contribution in [0.5, 0.6) is 11.5 Å². The molecule has 0 unspecified atom stereocenters. The Kier molecular flexibility index (Phi) is 5.23. The fourth-order valence-corrected chi connectivity index (χ4v) is 3.62. The number of rotatable bonds is 5. The second-order valence-electron chi connectivity index (χ2n) is 6.70. The third-order valence-corrected chi connectivity index (χ3v) is 5.01. The van der Waals surface area contributed by atoms with E-state index in [0.29, 0.717) is 6.61 Å². The number of aromatic nitrogens is 1. The van der Waals surface area contributed by atoms with E-state index in [1.807, 2.05) is 24.4 Å². The van der Waals surface area contributed by atoms with Gasteiger partial charge in [-0.1, -0.05) is 36.4 Å². The summed E-state index contributed by atoms with van der Waals surface area (Å²) in [6.45, 7) is 3.15. The second kappa shape index (κ2) is 7.94. The summed E-state index contributed by atoms with van der Waals surface area (Å²) in [6.07, 6.45) is 1.90. The third kappa shape index (κ3) is 3.75. The molecule has 1 aliphatic heterocycles. The second-order valence-corrected chi connectivity index (χ2v) is 6.70. The average molecular weight is 364 g/mol. The summed E-state index contributed by atoms with van der Waals surface area (Å²) >= 11 is 0. The molecule has 0 bridgehead atoms. The molecule has 2 aromatic carbocycles. The summed E-state index contributed by atoms with van der Waals surface area (Å²) in [7, 11) is 3.35. The van der Waals surface area contributed by atoms with Crippen molar-refractivity contribution in [1.29, 1.82) is 0 Å². The van der Waals surface area contributed by atoms with Crippen LogP contribution in [0, 0.1) is 0 Å². The maximum Gasteiger partial charge on any atom is 0.165 e. The molecule has 0 amide bonds. The highest BCUT2D eigenvalue weighted by molar-refractivity contribution is 5.81. The zero-order chi connectivity index (χ0) is 18.6. The highest BCUT2D eigenvalue weighted by atomic mass is 16.5. The number of methoxy groups -OCH3 is 2. The van der Waals surface area contributed by atoms with Gasteiger partial charge in [-0.15, -0.1) is 0 Å². The van der Waals surface area contributed by atoms with Gasteiger partial charge in [0.05, 0.1) is 26.5 Å². The number of ether oxygens (including phenoxy) is 3. The predicted molar refractivity (Wildman–Crippen MR) is 105 cm³/mol. The molecule has 0 saturated carbocycles. The number of hydrogen-bond acceptors (Lipinski definition) is 5. The molecule has 0 spiro atoms. The molecule has 1 aliphatic rings. The summed E-state index contributed by atoms with van der Waals surface area (Å²) in [4.78, 5) is 7.01. The molecule has 0 N–H and O–H groups in total. The molecule has 140 valence electrons. The Morgan fingerprint density at radius 1 is 1.07 bits per heavy atom. The lowest BCUT2D eigenvalue weighted by Crippen LogP contribution is -2.38. The van der Waals surface area contributed by atoms with Crippen molar-refractivity contribution in [3.8, 4) is 11.5 Å². The van der Waals surface area contributed by atoms with Crippen molar-refractivity contribution >= 4 is 10.8 Å². The van der Waals surface area contributed by atoms with Gasteiger partial charge in [0.15, 0.2) is 11.5 Å². The quantitative estimate of drug-likeness (QED) is 0.688. The lowest BCUT2D eigenvalue weighted by atomic mass is 10.1. The highest BCUT2D eigenvalue weighted by Crippen LogP contribution is 2.32. The number of fused-ring (bicyclic) bond motifs is 1. The Morgan fingerprint density at radius 2 is 1.93 bits per heavy atom.